The maximum absolute atomic E-state index is 4.95. The van der Waals surface area contributed by atoms with Gasteiger partial charge in [-0.1, -0.05) is 25.0 Å². The third kappa shape index (κ3) is 2.52. The number of pyridine rings is 1. The van der Waals surface area contributed by atoms with Crippen LogP contribution in [0.3, 0.4) is 0 Å². The SMILES string of the molecule is CCCNc1c2c(nc3ccc(C)cc13)CCCCC2. The number of nitrogens with zero attached hydrogens (tertiary/aromatic N) is 1. The second-order valence-corrected chi connectivity index (χ2v) is 5.92. The van der Waals surface area contributed by atoms with E-state index in [0.717, 1.165) is 24.9 Å². The topological polar surface area (TPSA) is 24.9 Å². The van der Waals surface area contributed by atoms with E-state index in [1.165, 1.54) is 53.6 Å². The smallest absolute Gasteiger partial charge is 0.0726 e. The Labute approximate surface area is 121 Å². The van der Waals surface area contributed by atoms with Gasteiger partial charge in [-0.15, -0.1) is 0 Å². The maximum atomic E-state index is 4.95. The molecular weight excluding hydrogens is 244 g/mol. The molecule has 0 unspecified atom stereocenters. The van der Waals surface area contributed by atoms with E-state index in [-0.39, 0.29) is 0 Å². The molecule has 0 spiro atoms. The molecule has 1 N–H and O–H groups in total. The van der Waals surface area contributed by atoms with E-state index < -0.39 is 0 Å². The van der Waals surface area contributed by atoms with Crippen LogP contribution >= 0.6 is 0 Å². The van der Waals surface area contributed by atoms with Crippen LogP contribution < -0.4 is 5.32 Å². The summed E-state index contributed by atoms with van der Waals surface area (Å²) < 4.78 is 0. The Morgan fingerprint density at radius 2 is 2.00 bits per heavy atom. The fourth-order valence-corrected chi connectivity index (χ4v) is 3.17. The number of nitrogens with one attached hydrogen (secondary N) is 1. The first-order chi connectivity index (χ1) is 9.79. The average molecular weight is 268 g/mol. The van der Waals surface area contributed by atoms with Gasteiger partial charge in [-0.2, -0.15) is 0 Å². The van der Waals surface area contributed by atoms with Gasteiger partial charge in [0.1, 0.15) is 0 Å². The second kappa shape index (κ2) is 5.82. The third-order valence-corrected chi connectivity index (χ3v) is 4.22. The summed E-state index contributed by atoms with van der Waals surface area (Å²) in [5.74, 6) is 0. The molecule has 0 bridgehead atoms. The van der Waals surface area contributed by atoms with Crippen LogP contribution in [0.5, 0.6) is 0 Å². The van der Waals surface area contributed by atoms with Gasteiger partial charge in [0.2, 0.25) is 0 Å². The molecule has 1 heterocycles. The lowest BCUT2D eigenvalue weighted by Crippen LogP contribution is -2.07. The zero-order valence-electron chi connectivity index (χ0n) is 12.6. The standard InChI is InChI=1S/C18H24N2/c1-3-11-19-18-14-7-5-4-6-8-16(14)20-17-10-9-13(2)12-15(17)18/h9-10,12H,3-8,11H2,1-2H3,(H,19,20). The van der Waals surface area contributed by atoms with Crippen molar-refractivity contribution in [3.63, 3.8) is 0 Å². The van der Waals surface area contributed by atoms with Crippen LogP contribution in [0.25, 0.3) is 10.9 Å². The molecule has 0 saturated carbocycles. The van der Waals surface area contributed by atoms with E-state index in [1.54, 1.807) is 0 Å². The molecule has 106 valence electrons. The minimum Gasteiger partial charge on any atom is -0.384 e. The number of aromatic nitrogens is 1. The number of hydrogen-bond donors (Lipinski definition) is 1. The highest BCUT2D eigenvalue weighted by Crippen LogP contribution is 2.33. The van der Waals surface area contributed by atoms with Crippen LogP contribution in [0.15, 0.2) is 18.2 Å². The molecule has 1 aromatic carbocycles. The van der Waals surface area contributed by atoms with Gasteiger partial charge < -0.3 is 5.32 Å². The lowest BCUT2D eigenvalue weighted by atomic mass is 10.0. The van der Waals surface area contributed by atoms with Crippen molar-refractivity contribution in [1.29, 1.82) is 0 Å². The number of fused-ring (bicyclic) bond motifs is 2. The van der Waals surface area contributed by atoms with Gasteiger partial charge in [0.15, 0.2) is 0 Å². The average Bonchev–Trinajstić information content (AvgIpc) is 2.69. The van der Waals surface area contributed by atoms with Crippen molar-refractivity contribution in [3.8, 4) is 0 Å². The van der Waals surface area contributed by atoms with Crippen LogP contribution in [0.2, 0.25) is 0 Å². The van der Waals surface area contributed by atoms with Gasteiger partial charge in [0.25, 0.3) is 0 Å². The van der Waals surface area contributed by atoms with Gasteiger partial charge in [-0.25, -0.2) is 0 Å². The predicted octanol–water partition coefficient (Wildman–Crippen LogP) is 4.63. The number of hydrogen-bond acceptors (Lipinski definition) is 2. The summed E-state index contributed by atoms with van der Waals surface area (Å²) in [5.41, 5.74) is 6.63. The summed E-state index contributed by atoms with van der Waals surface area (Å²) in [6.45, 7) is 5.43. The van der Waals surface area contributed by atoms with E-state index in [0.29, 0.717) is 0 Å². The molecule has 1 aliphatic rings. The Balaban J connectivity index is 2.20. The van der Waals surface area contributed by atoms with Gasteiger partial charge in [-0.05, 0) is 56.7 Å². The number of aryl methyl sites for hydroxylation is 2. The highest BCUT2D eigenvalue weighted by Gasteiger charge is 2.16. The van der Waals surface area contributed by atoms with E-state index in [9.17, 15) is 0 Å². The first-order valence-corrected chi connectivity index (χ1v) is 7.95. The molecular formula is C18H24N2. The number of rotatable bonds is 3. The van der Waals surface area contributed by atoms with Gasteiger partial charge in [0.05, 0.1) is 5.52 Å². The van der Waals surface area contributed by atoms with Crippen LogP contribution in [0.1, 0.15) is 49.4 Å². The summed E-state index contributed by atoms with van der Waals surface area (Å²) in [5, 5.41) is 4.99. The van der Waals surface area contributed by atoms with Crippen LogP contribution in [-0.2, 0) is 12.8 Å². The Kier molecular flexibility index (Phi) is 3.90. The Hall–Kier alpha value is -1.57. The minimum absolute atomic E-state index is 1.04. The summed E-state index contributed by atoms with van der Waals surface area (Å²) in [7, 11) is 0. The molecule has 1 aromatic heterocycles. The number of benzene rings is 1. The molecule has 2 aromatic rings. The van der Waals surface area contributed by atoms with E-state index in [2.05, 4.69) is 37.4 Å². The fourth-order valence-electron chi connectivity index (χ4n) is 3.17. The van der Waals surface area contributed by atoms with Crippen molar-refractivity contribution in [2.45, 2.75) is 52.4 Å². The molecule has 0 atom stereocenters. The Morgan fingerprint density at radius 1 is 1.15 bits per heavy atom. The summed E-state index contributed by atoms with van der Waals surface area (Å²) >= 11 is 0. The quantitative estimate of drug-likeness (QED) is 0.821. The maximum Gasteiger partial charge on any atom is 0.0726 e. The minimum atomic E-state index is 1.04. The van der Waals surface area contributed by atoms with Crippen molar-refractivity contribution >= 4 is 16.6 Å². The number of anilines is 1. The van der Waals surface area contributed by atoms with Crippen molar-refractivity contribution in [3.05, 3.63) is 35.0 Å². The molecule has 1 aliphatic carbocycles. The monoisotopic (exact) mass is 268 g/mol. The molecule has 2 nitrogen and oxygen atoms in total. The molecule has 0 aliphatic heterocycles. The highest BCUT2D eigenvalue weighted by molar-refractivity contribution is 5.94. The fraction of sp³-hybridized carbons (Fsp3) is 0.500. The molecule has 0 saturated heterocycles. The normalized spacial score (nSPS) is 14.9. The summed E-state index contributed by atoms with van der Waals surface area (Å²) in [6, 6.07) is 6.63. The van der Waals surface area contributed by atoms with Crippen molar-refractivity contribution in [2.24, 2.45) is 0 Å². The predicted molar refractivity (Wildman–Crippen MR) is 86.5 cm³/mol. The van der Waals surface area contributed by atoms with Crippen LogP contribution in [-0.4, -0.2) is 11.5 Å². The van der Waals surface area contributed by atoms with Gasteiger partial charge >= 0.3 is 0 Å². The van der Waals surface area contributed by atoms with Crippen LogP contribution in [0, 0.1) is 6.92 Å². The molecule has 0 fully saturated rings. The van der Waals surface area contributed by atoms with Gasteiger partial charge in [0, 0.05) is 23.3 Å². The first-order valence-electron chi connectivity index (χ1n) is 7.95. The third-order valence-electron chi connectivity index (χ3n) is 4.22. The first kappa shape index (κ1) is 13.4. The van der Waals surface area contributed by atoms with Crippen molar-refractivity contribution in [1.82, 2.24) is 4.98 Å². The van der Waals surface area contributed by atoms with Gasteiger partial charge in [-0.3, -0.25) is 4.98 Å². The summed E-state index contributed by atoms with van der Waals surface area (Å²) in [6.07, 6.45) is 7.39. The molecule has 2 heteroatoms. The van der Waals surface area contributed by atoms with E-state index in [1.807, 2.05) is 0 Å². The molecule has 0 amide bonds. The Bertz CT molecular complexity index is 616. The lowest BCUT2D eigenvalue weighted by molar-refractivity contribution is 0.709. The molecule has 0 radical (unpaired) electrons. The zero-order valence-corrected chi connectivity index (χ0v) is 12.6. The Morgan fingerprint density at radius 3 is 2.85 bits per heavy atom. The lowest BCUT2D eigenvalue weighted by Gasteiger charge is -2.17. The second-order valence-electron chi connectivity index (χ2n) is 5.92. The summed E-state index contributed by atoms with van der Waals surface area (Å²) in [4.78, 5) is 4.95. The highest BCUT2D eigenvalue weighted by atomic mass is 14.9. The van der Waals surface area contributed by atoms with Crippen molar-refractivity contribution < 1.29 is 0 Å². The van der Waals surface area contributed by atoms with E-state index in [4.69, 9.17) is 4.98 Å². The van der Waals surface area contributed by atoms with Crippen molar-refractivity contribution in [2.75, 3.05) is 11.9 Å². The molecule has 3 rings (SSSR count). The van der Waals surface area contributed by atoms with Crippen LogP contribution in [0.4, 0.5) is 5.69 Å². The zero-order chi connectivity index (χ0) is 13.9. The largest absolute Gasteiger partial charge is 0.384 e. The van der Waals surface area contributed by atoms with E-state index >= 15 is 0 Å². The molecule has 20 heavy (non-hydrogen) atoms.